The predicted molar refractivity (Wildman–Crippen MR) is 66.0 cm³/mol. The lowest BCUT2D eigenvalue weighted by atomic mass is 10.0. The number of piperazine rings is 1. The number of benzene rings is 1. The molecule has 0 spiro atoms. The molecule has 1 aliphatic heterocycles. The average Bonchev–Trinajstić information content (AvgIpc) is 2.31. The smallest absolute Gasteiger partial charge is 0.163 e. The summed E-state index contributed by atoms with van der Waals surface area (Å²) in [6.45, 7) is 2.66. The van der Waals surface area contributed by atoms with Gasteiger partial charge in [0.15, 0.2) is 11.5 Å². The van der Waals surface area contributed by atoms with E-state index in [1.807, 2.05) is 6.07 Å². The highest BCUT2D eigenvalue weighted by molar-refractivity contribution is 9.10. The summed E-state index contributed by atoms with van der Waals surface area (Å²) in [5.41, 5.74) is 0.853. The summed E-state index contributed by atoms with van der Waals surface area (Å²) in [4.78, 5) is 0. The molecule has 0 amide bonds. The van der Waals surface area contributed by atoms with Gasteiger partial charge in [-0.2, -0.15) is 0 Å². The first kappa shape index (κ1) is 11.7. The molecule has 1 fully saturated rings. The number of ether oxygens (including phenoxy) is 1. The van der Waals surface area contributed by atoms with E-state index < -0.39 is 0 Å². The second-order valence-electron chi connectivity index (χ2n) is 3.72. The minimum atomic E-state index is 0.109. The second kappa shape index (κ2) is 5.03. The van der Waals surface area contributed by atoms with E-state index in [1.54, 1.807) is 13.2 Å². The van der Waals surface area contributed by atoms with Crippen molar-refractivity contribution < 1.29 is 9.84 Å². The van der Waals surface area contributed by atoms with E-state index >= 15 is 0 Å². The van der Waals surface area contributed by atoms with Crippen LogP contribution < -0.4 is 15.4 Å². The molecule has 0 aliphatic carbocycles. The Labute approximate surface area is 103 Å². The number of aromatic hydroxyl groups is 1. The number of halogens is 1. The molecule has 3 N–H and O–H groups in total. The van der Waals surface area contributed by atoms with Crippen LogP contribution in [0.25, 0.3) is 0 Å². The third-order valence-corrected chi connectivity index (χ3v) is 3.43. The zero-order chi connectivity index (χ0) is 11.5. The number of rotatable bonds is 2. The summed E-state index contributed by atoms with van der Waals surface area (Å²) in [6, 6.07) is 3.75. The molecule has 1 heterocycles. The first-order valence-electron chi connectivity index (χ1n) is 5.23. The van der Waals surface area contributed by atoms with Gasteiger partial charge in [-0.05, 0) is 12.1 Å². The molecule has 1 atom stereocenters. The number of hydrogen-bond donors (Lipinski definition) is 3. The minimum absolute atomic E-state index is 0.109. The predicted octanol–water partition coefficient (Wildman–Crippen LogP) is 1.40. The SMILES string of the molecule is COc1ccc(Br)c([C@H]2CNCCN2)c1O. The standard InChI is InChI=1S/C11H15BrN2O2/c1-16-9-3-2-7(12)10(11(9)15)8-6-13-4-5-14-8/h2-3,8,13-15H,4-6H2,1H3/t8-/m1/s1. The molecule has 0 saturated carbocycles. The number of methoxy groups -OCH3 is 1. The highest BCUT2D eigenvalue weighted by Gasteiger charge is 2.22. The third kappa shape index (κ3) is 2.16. The van der Waals surface area contributed by atoms with Crippen molar-refractivity contribution in [3.8, 4) is 11.5 Å². The van der Waals surface area contributed by atoms with Crippen molar-refractivity contribution in [2.24, 2.45) is 0 Å². The Morgan fingerprint density at radius 3 is 2.88 bits per heavy atom. The molecule has 0 aromatic heterocycles. The van der Waals surface area contributed by atoms with Crippen LogP contribution in [-0.4, -0.2) is 31.9 Å². The molecule has 1 saturated heterocycles. The molecular formula is C11H15BrN2O2. The molecule has 0 radical (unpaired) electrons. The van der Waals surface area contributed by atoms with E-state index in [-0.39, 0.29) is 11.8 Å². The second-order valence-corrected chi connectivity index (χ2v) is 4.58. The van der Waals surface area contributed by atoms with Crippen LogP contribution in [0.2, 0.25) is 0 Å². The van der Waals surface area contributed by atoms with Gasteiger partial charge in [-0.15, -0.1) is 0 Å². The van der Waals surface area contributed by atoms with Crippen molar-refractivity contribution in [1.82, 2.24) is 10.6 Å². The normalized spacial score (nSPS) is 20.8. The lowest BCUT2D eigenvalue weighted by Gasteiger charge is -2.26. The van der Waals surface area contributed by atoms with Gasteiger partial charge >= 0.3 is 0 Å². The van der Waals surface area contributed by atoms with Gasteiger partial charge in [0.2, 0.25) is 0 Å². The molecule has 0 unspecified atom stereocenters. The van der Waals surface area contributed by atoms with Gasteiger partial charge in [0.1, 0.15) is 0 Å². The molecular weight excluding hydrogens is 272 g/mol. The van der Waals surface area contributed by atoms with Gasteiger partial charge in [0, 0.05) is 35.7 Å². The summed E-state index contributed by atoms with van der Waals surface area (Å²) in [5, 5.41) is 16.7. The van der Waals surface area contributed by atoms with Crippen molar-refractivity contribution in [3.63, 3.8) is 0 Å². The van der Waals surface area contributed by atoms with Gasteiger partial charge in [-0.1, -0.05) is 15.9 Å². The molecule has 4 nitrogen and oxygen atoms in total. The Morgan fingerprint density at radius 2 is 2.25 bits per heavy atom. The maximum absolute atomic E-state index is 10.1. The Hall–Kier alpha value is -0.780. The monoisotopic (exact) mass is 286 g/mol. The van der Waals surface area contributed by atoms with Gasteiger partial charge in [0.05, 0.1) is 7.11 Å². The fourth-order valence-corrected chi connectivity index (χ4v) is 2.51. The van der Waals surface area contributed by atoms with E-state index in [1.165, 1.54) is 0 Å². The number of phenols is 1. The maximum atomic E-state index is 10.1. The van der Waals surface area contributed by atoms with Crippen molar-refractivity contribution in [1.29, 1.82) is 0 Å². The van der Waals surface area contributed by atoms with E-state index in [4.69, 9.17) is 4.74 Å². The molecule has 1 aromatic carbocycles. The summed E-state index contributed by atoms with van der Waals surface area (Å²) < 4.78 is 6.01. The van der Waals surface area contributed by atoms with E-state index in [2.05, 4.69) is 26.6 Å². The van der Waals surface area contributed by atoms with Crippen molar-refractivity contribution in [2.75, 3.05) is 26.7 Å². The van der Waals surface area contributed by atoms with Crippen LogP contribution in [0, 0.1) is 0 Å². The van der Waals surface area contributed by atoms with E-state index in [0.717, 1.165) is 29.7 Å². The van der Waals surface area contributed by atoms with Crippen LogP contribution in [0.3, 0.4) is 0 Å². The summed E-state index contributed by atoms with van der Waals surface area (Å²) >= 11 is 3.46. The van der Waals surface area contributed by atoms with Crippen LogP contribution in [0.15, 0.2) is 16.6 Å². The van der Waals surface area contributed by atoms with Crippen LogP contribution in [-0.2, 0) is 0 Å². The molecule has 1 aliphatic rings. The first-order chi connectivity index (χ1) is 7.74. The molecule has 16 heavy (non-hydrogen) atoms. The van der Waals surface area contributed by atoms with Gasteiger partial charge in [-0.25, -0.2) is 0 Å². The Morgan fingerprint density at radius 1 is 1.44 bits per heavy atom. The third-order valence-electron chi connectivity index (χ3n) is 2.74. The molecule has 1 aromatic rings. The summed E-state index contributed by atoms with van der Waals surface area (Å²) in [6.07, 6.45) is 0. The van der Waals surface area contributed by atoms with Gasteiger partial charge in [0.25, 0.3) is 0 Å². The van der Waals surface area contributed by atoms with Crippen LogP contribution in [0.4, 0.5) is 0 Å². The zero-order valence-corrected chi connectivity index (χ0v) is 10.7. The zero-order valence-electron chi connectivity index (χ0n) is 9.09. The van der Waals surface area contributed by atoms with Gasteiger partial charge < -0.3 is 20.5 Å². The highest BCUT2D eigenvalue weighted by Crippen LogP contribution is 2.38. The largest absolute Gasteiger partial charge is 0.504 e. The molecule has 0 bridgehead atoms. The number of nitrogens with one attached hydrogen (secondary N) is 2. The quantitative estimate of drug-likeness (QED) is 0.769. The van der Waals surface area contributed by atoms with Crippen LogP contribution in [0.1, 0.15) is 11.6 Å². The Bertz CT molecular complexity index is 378. The lowest BCUT2D eigenvalue weighted by molar-refractivity contribution is 0.358. The fraction of sp³-hybridized carbons (Fsp3) is 0.455. The average molecular weight is 287 g/mol. The summed E-state index contributed by atoms with van der Waals surface area (Å²) in [5.74, 6) is 0.712. The van der Waals surface area contributed by atoms with Crippen LogP contribution >= 0.6 is 15.9 Å². The topological polar surface area (TPSA) is 53.5 Å². The Kier molecular flexibility index (Phi) is 3.68. The van der Waals surface area contributed by atoms with Crippen molar-refractivity contribution >= 4 is 15.9 Å². The minimum Gasteiger partial charge on any atom is -0.504 e. The lowest BCUT2D eigenvalue weighted by Crippen LogP contribution is -2.42. The van der Waals surface area contributed by atoms with E-state index in [0.29, 0.717) is 5.75 Å². The van der Waals surface area contributed by atoms with Crippen molar-refractivity contribution in [3.05, 3.63) is 22.2 Å². The fourth-order valence-electron chi connectivity index (χ4n) is 1.92. The number of phenolic OH excluding ortho intramolecular Hbond substituents is 1. The highest BCUT2D eigenvalue weighted by atomic mass is 79.9. The maximum Gasteiger partial charge on any atom is 0.163 e. The van der Waals surface area contributed by atoms with Gasteiger partial charge in [-0.3, -0.25) is 0 Å². The van der Waals surface area contributed by atoms with E-state index in [9.17, 15) is 5.11 Å². The van der Waals surface area contributed by atoms with Crippen molar-refractivity contribution in [2.45, 2.75) is 6.04 Å². The van der Waals surface area contributed by atoms with Crippen LogP contribution in [0.5, 0.6) is 11.5 Å². The summed E-state index contributed by atoms with van der Waals surface area (Å²) in [7, 11) is 1.55. The Balaban J connectivity index is 2.37. The molecule has 88 valence electrons. The first-order valence-corrected chi connectivity index (χ1v) is 6.02. The molecule has 5 heteroatoms. The number of hydrogen-bond acceptors (Lipinski definition) is 4. The molecule has 2 rings (SSSR count).